The smallest absolute Gasteiger partial charge is 0.159 e. The standard InChI is InChI=1S/C19H30O2/c1-4-5-6-7-8-9-10-11-14-21-19-13-12-18(17(3)20)15-16(19)2/h12-13,15H,4-11,14H2,1-3H3. The number of Topliss-reactive ketones (excluding diaryl/α,β-unsaturated/α-hetero) is 1. The van der Waals surface area contributed by atoms with Gasteiger partial charge in [0.05, 0.1) is 6.61 Å². The number of ketones is 1. The summed E-state index contributed by atoms with van der Waals surface area (Å²) in [5.41, 5.74) is 1.80. The Kier molecular flexibility index (Phi) is 8.80. The van der Waals surface area contributed by atoms with E-state index in [1.807, 2.05) is 25.1 Å². The molecule has 1 rings (SSSR count). The third kappa shape index (κ3) is 7.31. The quantitative estimate of drug-likeness (QED) is 0.385. The molecule has 0 unspecified atom stereocenters. The summed E-state index contributed by atoms with van der Waals surface area (Å²) in [6.45, 7) is 6.61. The van der Waals surface area contributed by atoms with Crippen molar-refractivity contribution >= 4 is 5.78 Å². The number of carbonyl (C=O) groups is 1. The summed E-state index contributed by atoms with van der Waals surface area (Å²) in [7, 11) is 0. The molecule has 2 heteroatoms. The van der Waals surface area contributed by atoms with E-state index in [-0.39, 0.29) is 5.78 Å². The van der Waals surface area contributed by atoms with E-state index in [9.17, 15) is 4.79 Å². The van der Waals surface area contributed by atoms with E-state index in [1.54, 1.807) is 6.92 Å². The van der Waals surface area contributed by atoms with Crippen LogP contribution in [0.1, 0.15) is 81.1 Å². The average molecular weight is 290 g/mol. The molecule has 0 aliphatic rings. The highest BCUT2D eigenvalue weighted by Crippen LogP contribution is 2.20. The van der Waals surface area contributed by atoms with Crippen molar-refractivity contribution in [3.05, 3.63) is 29.3 Å². The van der Waals surface area contributed by atoms with Crippen LogP contribution in [0.4, 0.5) is 0 Å². The van der Waals surface area contributed by atoms with Crippen LogP contribution in [0.25, 0.3) is 0 Å². The third-order valence-corrected chi connectivity index (χ3v) is 3.84. The maximum Gasteiger partial charge on any atom is 0.159 e. The lowest BCUT2D eigenvalue weighted by Crippen LogP contribution is -2.00. The lowest BCUT2D eigenvalue weighted by atomic mass is 10.1. The van der Waals surface area contributed by atoms with Crippen LogP contribution in [0.3, 0.4) is 0 Å². The minimum atomic E-state index is 0.104. The fourth-order valence-electron chi connectivity index (χ4n) is 2.45. The summed E-state index contributed by atoms with van der Waals surface area (Å²) in [5, 5.41) is 0. The minimum Gasteiger partial charge on any atom is -0.493 e. The molecule has 0 aliphatic carbocycles. The van der Waals surface area contributed by atoms with E-state index >= 15 is 0 Å². The molecule has 0 atom stereocenters. The van der Waals surface area contributed by atoms with Crippen molar-refractivity contribution in [1.29, 1.82) is 0 Å². The Balaban J connectivity index is 2.14. The average Bonchev–Trinajstić information content (AvgIpc) is 2.46. The molecule has 0 saturated carbocycles. The Morgan fingerprint density at radius 1 is 1.00 bits per heavy atom. The normalized spacial score (nSPS) is 10.6. The second-order valence-electron chi connectivity index (χ2n) is 5.86. The molecule has 0 saturated heterocycles. The zero-order chi connectivity index (χ0) is 15.5. The Bertz CT molecular complexity index is 424. The number of carbonyl (C=O) groups excluding carboxylic acids is 1. The second kappa shape index (κ2) is 10.4. The number of aryl methyl sites for hydroxylation is 1. The molecule has 0 radical (unpaired) electrons. The maximum absolute atomic E-state index is 11.3. The van der Waals surface area contributed by atoms with Gasteiger partial charge in [0.25, 0.3) is 0 Å². The molecule has 0 aromatic heterocycles. The fourth-order valence-corrected chi connectivity index (χ4v) is 2.45. The first-order chi connectivity index (χ1) is 10.1. The Labute approximate surface area is 129 Å². The lowest BCUT2D eigenvalue weighted by molar-refractivity contribution is 0.101. The monoisotopic (exact) mass is 290 g/mol. The Morgan fingerprint density at radius 3 is 2.19 bits per heavy atom. The molecule has 21 heavy (non-hydrogen) atoms. The molecule has 0 N–H and O–H groups in total. The Morgan fingerprint density at radius 2 is 1.62 bits per heavy atom. The van der Waals surface area contributed by atoms with Gasteiger partial charge in [-0.15, -0.1) is 0 Å². The zero-order valence-corrected chi connectivity index (χ0v) is 13.9. The van der Waals surface area contributed by atoms with E-state index in [4.69, 9.17) is 4.74 Å². The number of benzene rings is 1. The molecule has 0 spiro atoms. The van der Waals surface area contributed by atoms with Crippen molar-refractivity contribution in [2.75, 3.05) is 6.61 Å². The van der Waals surface area contributed by atoms with Crippen molar-refractivity contribution in [3.63, 3.8) is 0 Å². The molecule has 0 fully saturated rings. The van der Waals surface area contributed by atoms with Crippen molar-refractivity contribution in [2.45, 2.75) is 72.1 Å². The van der Waals surface area contributed by atoms with Crippen molar-refractivity contribution in [1.82, 2.24) is 0 Å². The van der Waals surface area contributed by atoms with Gasteiger partial charge in [-0.05, 0) is 44.0 Å². The molecule has 1 aromatic rings. The van der Waals surface area contributed by atoms with Crippen LogP contribution >= 0.6 is 0 Å². The fraction of sp³-hybridized carbons (Fsp3) is 0.632. The highest BCUT2D eigenvalue weighted by atomic mass is 16.5. The summed E-state index contributed by atoms with van der Waals surface area (Å²) in [6, 6.07) is 5.67. The topological polar surface area (TPSA) is 26.3 Å². The van der Waals surface area contributed by atoms with Gasteiger partial charge < -0.3 is 4.74 Å². The number of hydrogen-bond acceptors (Lipinski definition) is 2. The first-order valence-corrected chi connectivity index (χ1v) is 8.39. The van der Waals surface area contributed by atoms with Crippen LogP contribution < -0.4 is 4.74 Å². The van der Waals surface area contributed by atoms with Gasteiger partial charge in [-0.1, -0.05) is 51.9 Å². The van der Waals surface area contributed by atoms with Crippen molar-refractivity contribution < 1.29 is 9.53 Å². The highest BCUT2D eigenvalue weighted by Gasteiger charge is 2.04. The Hall–Kier alpha value is -1.31. The van der Waals surface area contributed by atoms with E-state index in [0.717, 1.165) is 29.9 Å². The van der Waals surface area contributed by atoms with Crippen LogP contribution in [0.2, 0.25) is 0 Å². The molecule has 0 amide bonds. The minimum absolute atomic E-state index is 0.104. The summed E-state index contributed by atoms with van der Waals surface area (Å²) in [4.78, 5) is 11.3. The number of ether oxygens (including phenoxy) is 1. The molecular formula is C19H30O2. The summed E-state index contributed by atoms with van der Waals surface area (Å²) >= 11 is 0. The molecule has 0 bridgehead atoms. The summed E-state index contributed by atoms with van der Waals surface area (Å²) < 4.78 is 5.81. The first-order valence-electron chi connectivity index (χ1n) is 8.39. The van der Waals surface area contributed by atoms with Gasteiger partial charge in [0, 0.05) is 5.56 Å². The highest BCUT2D eigenvalue weighted by molar-refractivity contribution is 5.94. The van der Waals surface area contributed by atoms with Crippen LogP contribution in [0.15, 0.2) is 18.2 Å². The van der Waals surface area contributed by atoms with Crippen LogP contribution in [-0.2, 0) is 0 Å². The molecule has 118 valence electrons. The van der Waals surface area contributed by atoms with Crippen LogP contribution in [-0.4, -0.2) is 12.4 Å². The van der Waals surface area contributed by atoms with Gasteiger partial charge in [0.15, 0.2) is 5.78 Å². The molecule has 2 nitrogen and oxygen atoms in total. The number of rotatable bonds is 11. The van der Waals surface area contributed by atoms with Gasteiger partial charge >= 0.3 is 0 Å². The van der Waals surface area contributed by atoms with Crippen molar-refractivity contribution in [2.24, 2.45) is 0 Å². The van der Waals surface area contributed by atoms with E-state index in [1.165, 1.54) is 44.9 Å². The molecule has 1 aromatic carbocycles. The largest absolute Gasteiger partial charge is 0.493 e. The third-order valence-electron chi connectivity index (χ3n) is 3.84. The van der Waals surface area contributed by atoms with Gasteiger partial charge in [0.2, 0.25) is 0 Å². The SMILES string of the molecule is CCCCCCCCCCOc1ccc(C(C)=O)cc1C. The molecule has 0 heterocycles. The van der Waals surface area contributed by atoms with Gasteiger partial charge in [-0.25, -0.2) is 0 Å². The predicted molar refractivity (Wildman–Crippen MR) is 89.3 cm³/mol. The van der Waals surface area contributed by atoms with Gasteiger partial charge in [-0.3, -0.25) is 4.79 Å². The maximum atomic E-state index is 11.3. The molecule has 0 aliphatic heterocycles. The zero-order valence-electron chi connectivity index (χ0n) is 13.9. The van der Waals surface area contributed by atoms with Crippen molar-refractivity contribution in [3.8, 4) is 5.75 Å². The van der Waals surface area contributed by atoms with E-state index in [0.29, 0.717) is 0 Å². The summed E-state index contributed by atoms with van der Waals surface area (Å²) in [5.74, 6) is 1.01. The first kappa shape index (κ1) is 17.7. The van der Waals surface area contributed by atoms with E-state index < -0.39 is 0 Å². The van der Waals surface area contributed by atoms with Crippen LogP contribution in [0, 0.1) is 6.92 Å². The summed E-state index contributed by atoms with van der Waals surface area (Å²) in [6.07, 6.45) is 10.5. The lowest BCUT2D eigenvalue weighted by Gasteiger charge is -2.10. The molecular weight excluding hydrogens is 260 g/mol. The van der Waals surface area contributed by atoms with Gasteiger partial charge in [0.1, 0.15) is 5.75 Å². The number of unbranched alkanes of at least 4 members (excludes halogenated alkanes) is 7. The van der Waals surface area contributed by atoms with Crippen LogP contribution in [0.5, 0.6) is 5.75 Å². The van der Waals surface area contributed by atoms with Gasteiger partial charge in [-0.2, -0.15) is 0 Å². The second-order valence-corrected chi connectivity index (χ2v) is 5.86. The predicted octanol–water partition coefficient (Wildman–Crippen LogP) is 5.72. The number of hydrogen-bond donors (Lipinski definition) is 0. The van der Waals surface area contributed by atoms with E-state index in [2.05, 4.69) is 6.92 Å².